The van der Waals surface area contributed by atoms with Crippen LogP contribution in [0.5, 0.6) is 0 Å². The van der Waals surface area contributed by atoms with Crippen molar-refractivity contribution >= 4 is 0 Å². The first-order valence-corrected chi connectivity index (χ1v) is 7.83. The lowest BCUT2D eigenvalue weighted by Gasteiger charge is -2.04. The summed E-state index contributed by atoms with van der Waals surface area (Å²) in [6.45, 7) is 2.73. The Morgan fingerprint density at radius 2 is 1.88 bits per heavy atom. The fourth-order valence-electron chi connectivity index (χ4n) is 2.72. The second kappa shape index (κ2) is 6.12. The Morgan fingerprint density at radius 3 is 2.67 bits per heavy atom. The van der Waals surface area contributed by atoms with Gasteiger partial charge in [0.1, 0.15) is 5.69 Å². The van der Waals surface area contributed by atoms with Crippen LogP contribution in [-0.2, 0) is 6.54 Å². The van der Waals surface area contributed by atoms with Crippen LogP contribution in [-0.4, -0.2) is 24.7 Å². The number of hydrogen-bond donors (Lipinski definition) is 1. The van der Waals surface area contributed by atoms with Gasteiger partial charge in [0, 0.05) is 35.4 Å². The second-order valence-corrected chi connectivity index (χ2v) is 5.73. The molecule has 3 heterocycles. The van der Waals surface area contributed by atoms with Gasteiger partial charge in [-0.05, 0) is 18.6 Å². The van der Waals surface area contributed by atoms with E-state index < -0.39 is 0 Å². The van der Waals surface area contributed by atoms with Crippen LogP contribution in [0.3, 0.4) is 0 Å². The fourth-order valence-corrected chi connectivity index (χ4v) is 2.72. The summed E-state index contributed by atoms with van der Waals surface area (Å²) < 4.78 is 1.94. The molecular formula is C19H17N5. The van der Waals surface area contributed by atoms with E-state index in [0.29, 0.717) is 0 Å². The monoisotopic (exact) mass is 315 g/mol. The molecule has 0 saturated carbocycles. The zero-order valence-corrected chi connectivity index (χ0v) is 13.3. The molecule has 1 N–H and O–H groups in total. The maximum absolute atomic E-state index is 4.50. The first-order chi connectivity index (χ1) is 11.8. The number of aromatic nitrogens is 5. The summed E-state index contributed by atoms with van der Waals surface area (Å²) in [6, 6.07) is 14.3. The molecule has 3 aromatic heterocycles. The third-order valence-electron chi connectivity index (χ3n) is 3.87. The maximum atomic E-state index is 4.50. The molecule has 0 spiro atoms. The number of aryl methyl sites for hydroxylation is 1. The SMILES string of the molecule is Cc1cnc(-c2ncccc2-c2cnn(Cc3ccccc3)c2)[nH]1. The number of H-pyrrole nitrogens is 1. The topological polar surface area (TPSA) is 59.4 Å². The predicted molar refractivity (Wildman–Crippen MR) is 93.3 cm³/mol. The van der Waals surface area contributed by atoms with E-state index in [0.717, 1.165) is 34.9 Å². The number of benzene rings is 1. The highest BCUT2D eigenvalue weighted by Crippen LogP contribution is 2.28. The van der Waals surface area contributed by atoms with E-state index in [1.54, 1.807) is 6.20 Å². The van der Waals surface area contributed by atoms with Crippen LogP contribution in [0, 0.1) is 6.92 Å². The average molecular weight is 315 g/mol. The van der Waals surface area contributed by atoms with Crippen molar-refractivity contribution in [3.8, 4) is 22.6 Å². The van der Waals surface area contributed by atoms with Gasteiger partial charge in [0.05, 0.1) is 12.7 Å². The fraction of sp³-hybridized carbons (Fsp3) is 0.105. The van der Waals surface area contributed by atoms with E-state index in [-0.39, 0.29) is 0 Å². The minimum Gasteiger partial charge on any atom is -0.341 e. The normalized spacial score (nSPS) is 10.9. The van der Waals surface area contributed by atoms with Gasteiger partial charge in [0.25, 0.3) is 0 Å². The van der Waals surface area contributed by atoms with Gasteiger partial charge >= 0.3 is 0 Å². The molecule has 4 rings (SSSR count). The molecule has 0 bridgehead atoms. The summed E-state index contributed by atoms with van der Waals surface area (Å²) >= 11 is 0. The summed E-state index contributed by atoms with van der Waals surface area (Å²) in [4.78, 5) is 12.2. The molecule has 0 atom stereocenters. The van der Waals surface area contributed by atoms with Gasteiger partial charge in [-0.25, -0.2) is 4.98 Å². The predicted octanol–water partition coefficient (Wildman–Crippen LogP) is 3.69. The van der Waals surface area contributed by atoms with Crippen molar-refractivity contribution in [2.45, 2.75) is 13.5 Å². The van der Waals surface area contributed by atoms with Crippen molar-refractivity contribution in [3.63, 3.8) is 0 Å². The highest BCUT2D eigenvalue weighted by atomic mass is 15.3. The molecule has 0 fully saturated rings. The highest BCUT2D eigenvalue weighted by Gasteiger charge is 2.12. The van der Waals surface area contributed by atoms with Crippen LogP contribution >= 0.6 is 0 Å². The summed E-state index contributed by atoms with van der Waals surface area (Å²) in [5, 5.41) is 4.49. The number of hydrogen-bond acceptors (Lipinski definition) is 3. The van der Waals surface area contributed by atoms with Gasteiger partial charge in [-0.15, -0.1) is 0 Å². The molecule has 0 amide bonds. The molecule has 4 aromatic rings. The number of rotatable bonds is 4. The molecule has 0 aliphatic carbocycles. The first kappa shape index (κ1) is 14.4. The molecule has 0 aliphatic rings. The molecule has 0 radical (unpaired) electrons. The number of aromatic amines is 1. The van der Waals surface area contributed by atoms with Crippen molar-refractivity contribution in [1.29, 1.82) is 0 Å². The first-order valence-electron chi connectivity index (χ1n) is 7.83. The van der Waals surface area contributed by atoms with E-state index in [2.05, 4.69) is 32.2 Å². The Bertz CT molecular complexity index is 953. The average Bonchev–Trinajstić information content (AvgIpc) is 3.25. The summed E-state index contributed by atoms with van der Waals surface area (Å²) in [7, 11) is 0. The van der Waals surface area contributed by atoms with Crippen LogP contribution in [0.25, 0.3) is 22.6 Å². The van der Waals surface area contributed by atoms with Gasteiger partial charge in [-0.3, -0.25) is 9.67 Å². The molecule has 0 unspecified atom stereocenters. The van der Waals surface area contributed by atoms with Crippen LogP contribution in [0.2, 0.25) is 0 Å². The Morgan fingerprint density at radius 1 is 1.00 bits per heavy atom. The minimum atomic E-state index is 0.746. The highest BCUT2D eigenvalue weighted by molar-refractivity contribution is 5.77. The molecule has 5 heteroatoms. The zero-order chi connectivity index (χ0) is 16.4. The Hall–Kier alpha value is -3.21. The summed E-state index contributed by atoms with van der Waals surface area (Å²) in [5.41, 5.74) is 5.13. The van der Waals surface area contributed by atoms with E-state index in [9.17, 15) is 0 Å². The largest absolute Gasteiger partial charge is 0.341 e. The van der Waals surface area contributed by atoms with Crippen molar-refractivity contribution in [2.75, 3.05) is 0 Å². The van der Waals surface area contributed by atoms with Crippen LogP contribution in [0.15, 0.2) is 67.3 Å². The third kappa shape index (κ3) is 2.84. The van der Waals surface area contributed by atoms with Gasteiger partial charge in [-0.1, -0.05) is 36.4 Å². The Balaban J connectivity index is 1.68. The number of imidazole rings is 1. The smallest absolute Gasteiger partial charge is 0.156 e. The maximum Gasteiger partial charge on any atom is 0.156 e. The molecule has 0 saturated heterocycles. The van der Waals surface area contributed by atoms with E-state index in [1.807, 2.05) is 60.5 Å². The standard InChI is InChI=1S/C19H17N5/c1-14-10-21-19(23-14)18-17(8-5-9-20-18)16-11-22-24(13-16)12-15-6-3-2-4-7-15/h2-11,13H,12H2,1H3,(H,21,23). The quantitative estimate of drug-likeness (QED) is 0.625. The Labute approximate surface area is 140 Å². The summed E-state index contributed by atoms with van der Waals surface area (Å²) in [6.07, 6.45) is 7.51. The van der Waals surface area contributed by atoms with Crippen molar-refractivity contribution in [2.24, 2.45) is 0 Å². The van der Waals surface area contributed by atoms with Gasteiger partial charge in [0.15, 0.2) is 5.82 Å². The number of pyridine rings is 1. The van der Waals surface area contributed by atoms with E-state index in [4.69, 9.17) is 0 Å². The van der Waals surface area contributed by atoms with Crippen LogP contribution in [0.1, 0.15) is 11.3 Å². The summed E-state index contributed by atoms with van der Waals surface area (Å²) in [5.74, 6) is 0.777. The lowest BCUT2D eigenvalue weighted by Crippen LogP contribution is -1.99. The molecule has 118 valence electrons. The molecule has 24 heavy (non-hydrogen) atoms. The number of nitrogens with zero attached hydrogens (tertiary/aromatic N) is 4. The van der Waals surface area contributed by atoms with Gasteiger partial charge in [0.2, 0.25) is 0 Å². The molecular weight excluding hydrogens is 298 g/mol. The molecule has 5 nitrogen and oxygen atoms in total. The number of nitrogens with one attached hydrogen (secondary N) is 1. The van der Waals surface area contributed by atoms with E-state index >= 15 is 0 Å². The van der Waals surface area contributed by atoms with Crippen LogP contribution in [0.4, 0.5) is 0 Å². The molecule has 0 aliphatic heterocycles. The van der Waals surface area contributed by atoms with Crippen molar-refractivity contribution < 1.29 is 0 Å². The minimum absolute atomic E-state index is 0.746. The van der Waals surface area contributed by atoms with E-state index in [1.165, 1.54) is 5.56 Å². The van der Waals surface area contributed by atoms with Crippen LogP contribution < -0.4 is 0 Å². The lowest BCUT2D eigenvalue weighted by atomic mass is 10.1. The zero-order valence-electron chi connectivity index (χ0n) is 13.3. The Kier molecular flexibility index (Phi) is 3.67. The second-order valence-electron chi connectivity index (χ2n) is 5.73. The van der Waals surface area contributed by atoms with Gasteiger partial charge < -0.3 is 4.98 Å². The van der Waals surface area contributed by atoms with Crippen molar-refractivity contribution in [1.82, 2.24) is 24.7 Å². The third-order valence-corrected chi connectivity index (χ3v) is 3.87. The van der Waals surface area contributed by atoms with Crippen molar-refractivity contribution in [3.05, 3.63) is 78.5 Å². The molecule has 1 aromatic carbocycles. The lowest BCUT2D eigenvalue weighted by molar-refractivity contribution is 0.687. The van der Waals surface area contributed by atoms with Gasteiger partial charge in [-0.2, -0.15) is 5.10 Å².